The first kappa shape index (κ1) is 28.9. The summed E-state index contributed by atoms with van der Waals surface area (Å²) in [6, 6.07) is 13.5. The monoisotopic (exact) mass is 547 g/mol. The molecule has 7 nitrogen and oxygen atoms in total. The zero-order valence-electron chi connectivity index (χ0n) is 24.5. The molecule has 2 aromatic rings. The Hall–Kier alpha value is -2.64. The van der Waals surface area contributed by atoms with Crippen LogP contribution in [0.2, 0.25) is 0 Å². The van der Waals surface area contributed by atoms with Gasteiger partial charge in [0.15, 0.2) is 0 Å². The first-order valence-electron chi connectivity index (χ1n) is 15.7. The van der Waals surface area contributed by atoms with Crippen molar-refractivity contribution in [3.63, 3.8) is 0 Å². The van der Waals surface area contributed by atoms with E-state index in [-0.39, 0.29) is 5.91 Å². The minimum atomic E-state index is 0.259. The van der Waals surface area contributed by atoms with Gasteiger partial charge in [-0.05, 0) is 61.9 Å². The van der Waals surface area contributed by atoms with Crippen molar-refractivity contribution < 1.29 is 9.53 Å². The third-order valence-corrected chi connectivity index (χ3v) is 9.33. The molecular formula is C33H49N5O2. The average molecular weight is 548 g/mol. The molecule has 1 aromatic heterocycles. The van der Waals surface area contributed by atoms with Crippen molar-refractivity contribution in [3.05, 3.63) is 54.4 Å². The predicted octanol–water partition coefficient (Wildman–Crippen LogP) is 5.11. The molecule has 2 aliphatic heterocycles. The lowest BCUT2D eigenvalue weighted by Crippen LogP contribution is -2.56. The summed E-state index contributed by atoms with van der Waals surface area (Å²) in [6.07, 6.45) is 15.4. The molecule has 3 heterocycles. The van der Waals surface area contributed by atoms with Crippen LogP contribution >= 0.6 is 0 Å². The van der Waals surface area contributed by atoms with Crippen LogP contribution in [-0.4, -0.2) is 79.2 Å². The van der Waals surface area contributed by atoms with E-state index in [1.165, 1.54) is 43.4 Å². The quantitative estimate of drug-likeness (QED) is 0.471. The molecule has 0 bridgehead atoms. The molecule has 1 N–H and O–H groups in total. The maximum atomic E-state index is 13.1. The van der Waals surface area contributed by atoms with E-state index in [4.69, 9.17) is 4.74 Å². The number of pyridine rings is 1. The van der Waals surface area contributed by atoms with Gasteiger partial charge in [-0.15, -0.1) is 0 Å². The summed E-state index contributed by atoms with van der Waals surface area (Å²) in [5.41, 5.74) is 2.46. The fraction of sp³-hybridized carbons (Fsp3) is 0.636. The van der Waals surface area contributed by atoms with E-state index in [0.29, 0.717) is 24.4 Å². The van der Waals surface area contributed by atoms with Crippen molar-refractivity contribution >= 4 is 11.6 Å². The van der Waals surface area contributed by atoms with Crippen LogP contribution in [0.4, 0.5) is 5.69 Å². The minimum Gasteiger partial charge on any atom is -0.495 e. The zero-order valence-corrected chi connectivity index (χ0v) is 24.5. The summed E-state index contributed by atoms with van der Waals surface area (Å²) in [5, 5.41) is 3.41. The number of para-hydroxylation sites is 2. The summed E-state index contributed by atoms with van der Waals surface area (Å²) >= 11 is 0. The molecule has 40 heavy (non-hydrogen) atoms. The Morgan fingerprint density at radius 2 is 1.73 bits per heavy atom. The van der Waals surface area contributed by atoms with Crippen molar-refractivity contribution in [2.75, 3.05) is 51.3 Å². The lowest BCUT2D eigenvalue weighted by atomic mass is 9.86. The topological polar surface area (TPSA) is 60.9 Å². The molecule has 2 atom stereocenters. The Morgan fingerprint density at radius 1 is 0.950 bits per heavy atom. The maximum Gasteiger partial charge on any atom is 0.220 e. The van der Waals surface area contributed by atoms with E-state index in [1.54, 1.807) is 7.11 Å². The third kappa shape index (κ3) is 7.97. The number of piperidine rings is 1. The second-order valence-corrected chi connectivity index (χ2v) is 12.1. The number of methoxy groups -OCH3 is 1. The van der Waals surface area contributed by atoms with Gasteiger partial charge in [0.2, 0.25) is 5.91 Å². The molecule has 2 saturated heterocycles. The number of benzene rings is 1. The number of rotatable bonds is 9. The van der Waals surface area contributed by atoms with Gasteiger partial charge in [0.25, 0.3) is 0 Å². The van der Waals surface area contributed by atoms with Crippen LogP contribution in [0, 0.1) is 5.92 Å². The lowest BCUT2D eigenvalue weighted by molar-refractivity contribution is -0.122. The van der Waals surface area contributed by atoms with E-state index >= 15 is 0 Å². The largest absolute Gasteiger partial charge is 0.495 e. The Balaban J connectivity index is 1.19. The molecule has 3 aliphatic rings. The number of amides is 1. The van der Waals surface area contributed by atoms with Crippen molar-refractivity contribution in [2.45, 2.75) is 82.8 Å². The van der Waals surface area contributed by atoms with Crippen LogP contribution < -0.4 is 15.0 Å². The SMILES string of the molecule is COc1ccccc1N1CCN([C@@H]2CCN(Cc3cccnc3)C[C@@H]2CCC(=O)NC2CCCCCCC2)CC1. The van der Waals surface area contributed by atoms with Gasteiger partial charge in [-0.25, -0.2) is 0 Å². The number of hydrogen-bond donors (Lipinski definition) is 1. The molecule has 7 heteroatoms. The van der Waals surface area contributed by atoms with E-state index in [1.807, 2.05) is 24.5 Å². The lowest BCUT2D eigenvalue weighted by Gasteiger charge is -2.47. The first-order valence-corrected chi connectivity index (χ1v) is 15.7. The highest BCUT2D eigenvalue weighted by Crippen LogP contribution is 2.32. The molecule has 1 saturated carbocycles. The Kier molecular flexibility index (Phi) is 10.7. The van der Waals surface area contributed by atoms with Gasteiger partial charge >= 0.3 is 0 Å². The fourth-order valence-electron chi connectivity index (χ4n) is 7.16. The van der Waals surface area contributed by atoms with Crippen LogP contribution in [0.1, 0.15) is 69.8 Å². The van der Waals surface area contributed by atoms with Gasteiger partial charge in [-0.3, -0.25) is 19.6 Å². The number of nitrogens with one attached hydrogen (secondary N) is 1. The molecule has 218 valence electrons. The summed E-state index contributed by atoms with van der Waals surface area (Å²) in [5.74, 6) is 1.70. The van der Waals surface area contributed by atoms with Crippen molar-refractivity contribution in [1.29, 1.82) is 0 Å². The number of carbonyl (C=O) groups excluding carboxylic acids is 1. The van der Waals surface area contributed by atoms with Crippen molar-refractivity contribution in [3.8, 4) is 5.75 Å². The number of likely N-dealkylation sites (tertiary alicyclic amines) is 1. The number of ether oxygens (including phenoxy) is 1. The summed E-state index contributed by atoms with van der Waals surface area (Å²) in [6.45, 7) is 7.19. The first-order chi connectivity index (χ1) is 19.7. The van der Waals surface area contributed by atoms with Crippen LogP contribution in [0.3, 0.4) is 0 Å². The average Bonchev–Trinajstić information content (AvgIpc) is 2.98. The molecule has 1 aromatic carbocycles. The molecular weight excluding hydrogens is 498 g/mol. The van der Waals surface area contributed by atoms with Gasteiger partial charge in [-0.2, -0.15) is 0 Å². The Morgan fingerprint density at radius 3 is 2.48 bits per heavy atom. The standard InChI is InChI=1S/C33H49N5O2/c1-40-32-14-8-7-13-31(32)38-22-20-37(21-23-38)30-17-19-36(25-27-10-9-18-34-24-27)26-28(30)15-16-33(39)35-29-11-5-3-2-4-6-12-29/h7-10,13-14,18,24,28-30H,2-6,11-12,15-17,19-23,25-26H2,1H3,(H,35,39)/t28-,30+/m0/s1. The molecule has 0 spiro atoms. The molecule has 1 amide bonds. The van der Waals surface area contributed by atoms with Crippen LogP contribution in [0.5, 0.6) is 5.75 Å². The Bertz CT molecular complexity index is 1030. The predicted molar refractivity (Wildman–Crippen MR) is 162 cm³/mol. The second kappa shape index (κ2) is 14.8. The zero-order chi connectivity index (χ0) is 27.6. The van der Waals surface area contributed by atoms with E-state index in [0.717, 1.165) is 77.2 Å². The van der Waals surface area contributed by atoms with Gasteiger partial charge in [-0.1, -0.05) is 50.3 Å². The van der Waals surface area contributed by atoms with Crippen molar-refractivity contribution in [1.82, 2.24) is 20.1 Å². The van der Waals surface area contributed by atoms with Crippen LogP contribution in [-0.2, 0) is 11.3 Å². The summed E-state index contributed by atoms with van der Waals surface area (Å²) < 4.78 is 5.64. The number of piperazine rings is 1. The van der Waals surface area contributed by atoms with Crippen LogP contribution in [0.15, 0.2) is 48.8 Å². The van der Waals surface area contributed by atoms with Gasteiger partial charge < -0.3 is 15.0 Å². The second-order valence-electron chi connectivity index (χ2n) is 12.1. The third-order valence-electron chi connectivity index (χ3n) is 9.33. The number of anilines is 1. The maximum absolute atomic E-state index is 13.1. The number of aromatic nitrogens is 1. The molecule has 0 radical (unpaired) electrons. The van der Waals surface area contributed by atoms with Crippen molar-refractivity contribution in [2.24, 2.45) is 5.92 Å². The van der Waals surface area contributed by atoms with Gasteiger partial charge in [0.05, 0.1) is 12.8 Å². The molecule has 3 fully saturated rings. The normalized spacial score (nSPS) is 23.8. The van der Waals surface area contributed by atoms with E-state index < -0.39 is 0 Å². The number of hydrogen-bond acceptors (Lipinski definition) is 6. The highest BCUT2D eigenvalue weighted by molar-refractivity contribution is 5.76. The highest BCUT2D eigenvalue weighted by Gasteiger charge is 2.35. The van der Waals surface area contributed by atoms with E-state index in [2.05, 4.69) is 49.3 Å². The number of carbonyl (C=O) groups is 1. The molecule has 5 rings (SSSR count). The van der Waals surface area contributed by atoms with E-state index in [9.17, 15) is 4.79 Å². The minimum absolute atomic E-state index is 0.259. The highest BCUT2D eigenvalue weighted by atomic mass is 16.5. The molecule has 0 unspecified atom stereocenters. The number of nitrogens with zero attached hydrogens (tertiary/aromatic N) is 4. The Labute approximate surface area is 241 Å². The summed E-state index contributed by atoms with van der Waals surface area (Å²) in [7, 11) is 1.76. The van der Waals surface area contributed by atoms with Gasteiger partial charge in [0.1, 0.15) is 5.75 Å². The summed E-state index contributed by atoms with van der Waals surface area (Å²) in [4.78, 5) is 25.2. The molecule has 1 aliphatic carbocycles. The smallest absolute Gasteiger partial charge is 0.220 e. The van der Waals surface area contributed by atoms with Crippen LogP contribution in [0.25, 0.3) is 0 Å². The fourth-order valence-corrected chi connectivity index (χ4v) is 7.16. The van der Waals surface area contributed by atoms with Gasteiger partial charge in [0, 0.05) is 70.2 Å².